The zero-order valence-corrected chi connectivity index (χ0v) is 17.9. The quantitative estimate of drug-likeness (QED) is 0.629. The second-order valence-corrected chi connectivity index (χ2v) is 8.62. The highest BCUT2D eigenvalue weighted by atomic mass is 16.5. The molecule has 0 bridgehead atoms. The molecule has 0 radical (unpaired) electrons. The molecule has 162 valence electrons. The summed E-state index contributed by atoms with van der Waals surface area (Å²) in [6.07, 6.45) is 5.48. The van der Waals surface area contributed by atoms with Gasteiger partial charge in [-0.05, 0) is 37.5 Å². The van der Waals surface area contributed by atoms with Crippen molar-refractivity contribution < 1.29 is 9.53 Å². The maximum Gasteiger partial charge on any atom is 0.225 e. The molecule has 1 aliphatic heterocycles. The van der Waals surface area contributed by atoms with Gasteiger partial charge in [0.15, 0.2) is 11.5 Å². The van der Waals surface area contributed by atoms with E-state index in [0.29, 0.717) is 18.4 Å². The Bertz CT molecular complexity index is 1070. The Kier molecular flexibility index (Phi) is 5.49. The third kappa shape index (κ3) is 3.96. The number of nitrogens with one attached hydrogen (secondary N) is 2. The first-order chi connectivity index (χ1) is 15.2. The second-order valence-electron chi connectivity index (χ2n) is 8.62. The van der Waals surface area contributed by atoms with E-state index in [1.54, 1.807) is 7.11 Å². The van der Waals surface area contributed by atoms with E-state index in [-0.39, 0.29) is 5.92 Å². The van der Waals surface area contributed by atoms with Crippen molar-refractivity contribution >= 4 is 22.8 Å². The number of pyridine rings is 1. The maximum atomic E-state index is 12.7. The highest BCUT2D eigenvalue weighted by Gasteiger charge is 2.33. The number of amides is 1. The number of carbonyl (C=O) groups excluding carboxylic acids is 1. The predicted octanol–water partition coefficient (Wildman–Crippen LogP) is 4.08. The number of aromatic nitrogens is 3. The molecule has 3 heterocycles. The first-order valence-electron chi connectivity index (χ1n) is 11.2. The molecule has 31 heavy (non-hydrogen) atoms. The van der Waals surface area contributed by atoms with Gasteiger partial charge in [-0.3, -0.25) is 9.89 Å². The number of benzene rings is 1. The number of aromatic amines is 1. The molecule has 2 N–H and O–H groups in total. The summed E-state index contributed by atoms with van der Waals surface area (Å²) >= 11 is 0. The summed E-state index contributed by atoms with van der Waals surface area (Å²) in [5.41, 5.74) is 2.89. The van der Waals surface area contributed by atoms with Crippen molar-refractivity contribution in [3.8, 4) is 5.75 Å². The number of para-hydroxylation sites is 1. The number of H-pyrrole nitrogens is 1. The topological polar surface area (TPSA) is 83.1 Å². The summed E-state index contributed by atoms with van der Waals surface area (Å²) in [5, 5.41) is 11.8. The second kappa shape index (κ2) is 8.57. The van der Waals surface area contributed by atoms with E-state index in [0.717, 1.165) is 66.2 Å². The molecule has 2 fully saturated rings. The molecule has 1 atom stereocenters. The molecule has 1 amide bonds. The number of carbonyl (C=O) groups is 1. The van der Waals surface area contributed by atoms with Gasteiger partial charge in [0.05, 0.1) is 12.5 Å². The predicted molar refractivity (Wildman–Crippen MR) is 120 cm³/mol. The molecular weight excluding hydrogens is 390 g/mol. The van der Waals surface area contributed by atoms with Gasteiger partial charge in [-0.25, -0.2) is 4.98 Å². The van der Waals surface area contributed by atoms with Crippen molar-refractivity contribution in [2.45, 2.75) is 44.6 Å². The van der Waals surface area contributed by atoms with E-state index in [4.69, 9.17) is 9.72 Å². The number of nitrogens with zero attached hydrogens (tertiary/aromatic N) is 3. The normalized spacial score (nSPS) is 19.3. The van der Waals surface area contributed by atoms with Crippen molar-refractivity contribution in [3.63, 3.8) is 0 Å². The lowest BCUT2D eigenvalue weighted by atomic mass is 10.0. The Balaban J connectivity index is 1.27. The highest BCUT2D eigenvalue weighted by molar-refractivity contribution is 5.87. The molecule has 1 saturated carbocycles. The largest absolute Gasteiger partial charge is 0.496 e. The number of rotatable bonds is 6. The van der Waals surface area contributed by atoms with Gasteiger partial charge < -0.3 is 15.0 Å². The van der Waals surface area contributed by atoms with E-state index in [2.05, 4.69) is 32.5 Å². The zero-order valence-electron chi connectivity index (χ0n) is 17.9. The first kappa shape index (κ1) is 19.8. The third-order valence-electron chi connectivity index (χ3n) is 6.71. The Labute approximate surface area is 182 Å². The van der Waals surface area contributed by atoms with Crippen LogP contribution in [0, 0.1) is 5.92 Å². The Morgan fingerprint density at radius 2 is 2.03 bits per heavy atom. The minimum absolute atomic E-state index is 0.249. The molecule has 1 aliphatic carbocycles. The summed E-state index contributed by atoms with van der Waals surface area (Å²) in [4.78, 5) is 19.6. The molecule has 1 saturated heterocycles. The SMILES string of the molecule is COc1ccccc1CNc1n[nH]c2nc([C@@H]3CCN(C(=O)C4CCCC4)C3)ccc12. The van der Waals surface area contributed by atoms with Crippen LogP contribution in [-0.2, 0) is 11.3 Å². The lowest BCUT2D eigenvalue weighted by molar-refractivity contribution is -0.134. The molecule has 0 unspecified atom stereocenters. The molecule has 2 aromatic heterocycles. The monoisotopic (exact) mass is 419 g/mol. The van der Waals surface area contributed by atoms with Crippen LogP contribution in [0.3, 0.4) is 0 Å². The van der Waals surface area contributed by atoms with E-state index >= 15 is 0 Å². The standard InChI is InChI=1S/C24H29N5O2/c1-31-21-9-5-4-8-17(21)14-25-22-19-10-11-20(26-23(19)28-27-22)18-12-13-29(15-18)24(30)16-6-2-3-7-16/h4-5,8-11,16,18H,2-3,6-7,12-15H2,1H3,(H2,25,26,27,28)/t18-/m1/s1. The molecule has 3 aromatic rings. The van der Waals surface area contributed by atoms with Crippen LogP contribution in [0.25, 0.3) is 11.0 Å². The van der Waals surface area contributed by atoms with Crippen molar-refractivity contribution in [2.24, 2.45) is 5.92 Å². The molecule has 5 rings (SSSR count). The van der Waals surface area contributed by atoms with Crippen molar-refractivity contribution in [2.75, 3.05) is 25.5 Å². The van der Waals surface area contributed by atoms with Gasteiger partial charge in [-0.2, -0.15) is 5.10 Å². The van der Waals surface area contributed by atoms with Gasteiger partial charge in [0.25, 0.3) is 0 Å². The Morgan fingerprint density at radius 1 is 1.19 bits per heavy atom. The van der Waals surface area contributed by atoms with Crippen LogP contribution in [0.2, 0.25) is 0 Å². The number of hydrogen-bond donors (Lipinski definition) is 2. The van der Waals surface area contributed by atoms with Gasteiger partial charge in [0.1, 0.15) is 5.75 Å². The van der Waals surface area contributed by atoms with E-state index in [9.17, 15) is 4.79 Å². The van der Waals surface area contributed by atoms with Crippen molar-refractivity contribution in [3.05, 3.63) is 47.7 Å². The summed E-state index contributed by atoms with van der Waals surface area (Å²) in [6.45, 7) is 2.24. The average molecular weight is 420 g/mol. The van der Waals surface area contributed by atoms with Crippen molar-refractivity contribution in [1.82, 2.24) is 20.1 Å². The minimum atomic E-state index is 0.249. The van der Waals surface area contributed by atoms with Gasteiger partial charge in [-0.1, -0.05) is 31.0 Å². The molecule has 1 aromatic carbocycles. The number of likely N-dealkylation sites (tertiary alicyclic amines) is 1. The third-order valence-corrected chi connectivity index (χ3v) is 6.71. The van der Waals surface area contributed by atoms with E-state index < -0.39 is 0 Å². The van der Waals surface area contributed by atoms with Crippen LogP contribution >= 0.6 is 0 Å². The lowest BCUT2D eigenvalue weighted by Crippen LogP contribution is -2.33. The average Bonchev–Trinajstić information content (AvgIpc) is 3.58. The fourth-order valence-electron chi connectivity index (χ4n) is 4.94. The molecular formula is C24H29N5O2. The summed E-state index contributed by atoms with van der Waals surface area (Å²) in [7, 11) is 1.68. The molecule has 2 aliphatic rings. The smallest absolute Gasteiger partial charge is 0.225 e. The number of hydrogen-bond acceptors (Lipinski definition) is 5. The van der Waals surface area contributed by atoms with Crippen LogP contribution in [0.1, 0.15) is 49.3 Å². The Morgan fingerprint density at radius 3 is 2.87 bits per heavy atom. The van der Waals surface area contributed by atoms with Crippen LogP contribution in [0.15, 0.2) is 36.4 Å². The first-order valence-corrected chi connectivity index (χ1v) is 11.2. The zero-order chi connectivity index (χ0) is 21.2. The minimum Gasteiger partial charge on any atom is -0.496 e. The number of methoxy groups -OCH3 is 1. The van der Waals surface area contributed by atoms with Crippen LogP contribution in [0.5, 0.6) is 5.75 Å². The summed E-state index contributed by atoms with van der Waals surface area (Å²) in [5.74, 6) is 2.53. The van der Waals surface area contributed by atoms with Gasteiger partial charge in [0, 0.05) is 42.7 Å². The van der Waals surface area contributed by atoms with E-state index in [1.165, 1.54) is 12.8 Å². The fourth-order valence-corrected chi connectivity index (χ4v) is 4.94. The molecule has 7 nitrogen and oxygen atoms in total. The maximum absolute atomic E-state index is 12.7. The van der Waals surface area contributed by atoms with Gasteiger partial charge in [-0.15, -0.1) is 0 Å². The highest BCUT2D eigenvalue weighted by Crippen LogP contribution is 2.32. The van der Waals surface area contributed by atoms with Crippen molar-refractivity contribution in [1.29, 1.82) is 0 Å². The summed E-state index contributed by atoms with van der Waals surface area (Å²) in [6, 6.07) is 12.1. The fraction of sp³-hybridized carbons (Fsp3) is 0.458. The number of ether oxygens (including phenoxy) is 1. The molecule has 7 heteroatoms. The summed E-state index contributed by atoms with van der Waals surface area (Å²) < 4.78 is 5.42. The van der Waals surface area contributed by atoms with Crippen LogP contribution < -0.4 is 10.1 Å². The van der Waals surface area contributed by atoms with Gasteiger partial charge >= 0.3 is 0 Å². The van der Waals surface area contributed by atoms with Crippen LogP contribution in [-0.4, -0.2) is 46.2 Å². The Hall–Kier alpha value is -3.09. The van der Waals surface area contributed by atoms with Gasteiger partial charge in [0.2, 0.25) is 5.91 Å². The van der Waals surface area contributed by atoms with E-state index in [1.807, 2.05) is 24.3 Å². The number of fused-ring (bicyclic) bond motifs is 1. The number of anilines is 1. The van der Waals surface area contributed by atoms with Crippen LogP contribution in [0.4, 0.5) is 5.82 Å². The lowest BCUT2D eigenvalue weighted by Gasteiger charge is -2.20. The molecule has 0 spiro atoms.